The van der Waals surface area contributed by atoms with E-state index in [1.54, 1.807) is 12.2 Å². The Hall–Kier alpha value is -3.29. The van der Waals surface area contributed by atoms with Gasteiger partial charge in [-0.2, -0.15) is 0 Å². The van der Waals surface area contributed by atoms with E-state index in [1.807, 2.05) is 24.3 Å². The molecule has 0 aromatic carbocycles. The fraction of sp³-hybridized carbons (Fsp3) is 0.770. The van der Waals surface area contributed by atoms with Crippen LogP contribution in [0.1, 0.15) is 232 Å². The molecular weight excluding hydrogens is 1190 g/mol. The molecule has 0 saturated carbocycles. The summed E-state index contributed by atoms with van der Waals surface area (Å²) in [7, 11) is 0. The minimum Gasteiger partial charge on any atom is -0.394 e. The number of amides is 1. The van der Waals surface area contributed by atoms with E-state index in [0.29, 0.717) is 12.8 Å². The van der Waals surface area contributed by atoms with Gasteiger partial charge in [-0.05, 0) is 70.6 Å². The van der Waals surface area contributed by atoms with Gasteiger partial charge in [0.05, 0.1) is 38.6 Å². The molecule has 17 atom stereocenters. The molecule has 0 aromatic rings. The lowest BCUT2D eigenvalue weighted by atomic mass is 9.96. The van der Waals surface area contributed by atoms with E-state index in [0.717, 1.165) is 51.4 Å². The number of rotatable bonds is 54. The van der Waals surface area contributed by atoms with E-state index in [9.17, 15) is 61.0 Å². The van der Waals surface area contributed by atoms with Crippen LogP contribution in [0.2, 0.25) is 0 Å². The van der Waals surface area contributed by atoms with Crippen LogP contribution in [0.3, 0.4) is 0 Å². The number of carbonyl (C=O) groups is 1. The highest BCUT2D eigenvalue weighted by Gasteiger charge is 2.53. The Balaban J connectivity index is 1.42. The number of aliphatic hydroxyl groups is 11. The van der Waals surface area contributed by atoms with Crippen molar-refractivity contribution in [1.82, 2.24) is 5.32 Å². The molecule has 19 heteroatoms. The van der Waals surface area contributed by atoms with E-state index >= 15 is 0 Å². The lowest BCUT2D eigenvalue weighted by Crippen LogP contribution is -2.66. The maximum absolute atomic E-state index is 13.3. The van der Waals surface area contributed by atoms with Gasteiger partial charge in [-0.15, -0.1) is 0 Å². The van der Waals surface area contributed by atoms with Gasteiger partial charge < -0.3 is 89.9 Å². The van der Waals surface area contributed by atoms with Crippen LogP contribution in [-0.2, 0) is 33.2 Å². The van der Waals surface area contributed by atoms with Crippen LogP contribution in [0.4, 0.5) is 0 Å². The van der Waals surface area contributed by atoms with Crippen molar-refractivity contribution in [3.05, 3.63) is 97.2 Å². The van der Waals surface area contributed by atoms with Crippen molar-refractivity contribution >= 4 is 5.91 Å². The van der Waals surface area contributed by atoms with Crippen molar-refractivity contribution in [2.24, 2.45) is 0 Å². The van der Waals surface area contributed by atoms with Crippen LogP contribution in [0.15, 0.2) is 97.2 Å². The zero-order chi connectivity index (χ0) is 67.5. The first-order valence-electron chi connectivity index (χ1n) is 36.0. The second-order valence-corrected chi connectivity index (χ2v) is 25.3. The third-order valence-electron chi connectivity index (χ3n) is 17.4. The van der Waals surface area contributed by atoms with Gasteiger partial charge >= 0.3 is 0 Å². The van der Waals surface area contributed by atoms with Crippen LogP contribution < -0.4 is 5.32 Å². The van der Waals surface area contributed by atoms with E-state index in [1.165, 1.54) is 148 Å². The van der Waals surface area contributed by atoms with Crippen molar-refractivity contribution < 1.29 is 89.4 Å². The monoisotopic (exact) mass is 1320 g/mol. The molecule has 0 aromatic heterocycles. The number of aliphatic hydroxyl groups excluding tert-OH is 11. The molecule has 12 N–H and O–H groups in total. The molecule has 0 spiro atoms. The fourth-order valence-electron chi connectivity index (χ4n) is 11.6. The summed E-state index contributed by atoms with van der Waals surface area (Å²) in [5.74, 6) is -0.419. The Labute approximate surface area is 558 Å². The highest BCUT2D eigenvalue weighted by Crippen LogP contribution is 2.33. The smallest absolute Gasteiger partial charge is 0.224 e. The molecule has 3 saturated heterocycles. The molecule has 3 aliphatic heterocycles. The molecule has 0 aliphatic carbocycles. The zero-order valence-corrected chi connectivity index (χ0v) is 56.7. The number of carbonyl (C=O) groups excluding carboxylic acids is 1. The Morgan fingerprint density at radius 2 is 0.753 bits per heavy atom. The first-order chi connectivity index (χ1) is 45.3. The first kappa shape index (κ1) is 83.9. The third kappa shape index (κ3) is 36.2. The molecule has 0 radical (unpaired) electrons. The van der Waals surface area contributed by atoms with Crippen molar-refractivity contribution in [2.45, 2.75) is 336 Å². The van der Waals surface area contributed by atoms with E-state index < -0.39 is 137 Å². The molecule has 3 rings (SSSR count). The van der Waals surface area contributed by atoms with Crippen molar-refractivity contribution in [3.8, 4) is 0 Å². The van der Waals surface area contributed by atoms with Gasteiger partial charge in [-0.3, -0.25) is 4.79 Å². The van der Waals surface area contributed by atoms with Crippen molar-refractivity contribution in [2.75, 3.05) is 26.4 Å². The lowest BCUT2D eigenvalue weighted by Gasteiger charge is -2.48. The number of hydrogen-bond acceptors (Lipinski definition) is 18. The zero-order valence-electron chi connectivity index (χ0n) is 56.7. The van der Waals surface area contributed by atoms with Crippen LogP contribution >= 0.6 is 0 Å². The van der Waals surface area contributed by atoms with Crippen LogP contribution in [0.25, 0.3) is 0 Å². The molecule has 19 nitrogen and oxygen atoms in total. The van der Waals surface area contributed by atoms with E-state index in [4.69, 9.17) is 28.4 Å². The Morgan fingerprint density at radius 3 is 1.18 bits per heavy atom. The van der Waals surface area contributed by atoms with Gasteiger partial charge in [0.1, 0.15) is 73.2 Å². The fourth-order valence-corrected chi connectivity index (χ4v) is 11.6. The highest BCUT2D eigenvalue weighted by molar-refractivity contribution is 5.77. The molecule has 17 unspecified atom stereocenters. The molecule has 536 valence electrons. The summed E-state index contributed by atoms with van der Waals surface area (Å²) in [6.45, 7) is 1.52. The predicted octanol–water partition coefficient (Wildman–Crippen LogP) is 10.0. The standard InChI is InChI=1S/C74H127NO18/c1-3-5-7-9-11-13-15-17-19-20-21-22-23-24-25-26-27-28-29-30-31-32-33-34-35-36-38-39-41-43-45-47-49-51-58(79)57(75-62(80)52-50-48-46-44-42-40-37-18-16-14-12-10-8-6-4-2)56-88-72-68(86)65(83)70(60(54-77)90-72)93-74-69(87)66(84)71(61(55-78)91-74)92-73-67(85)64(82)63(81)59(53-76)89-73/h6,8,12,14,18,35-37,41-44,48-51,57-61,63-74,76-79,81-87H,3-5,7,9-11,13,15-17,19-34,38-40,45-47,52-56H2,1-2H3,(H,75,80)/b8-6-,14-12-,36-35+,37-18-,43-41+,44-42-,50-48-,51-49+. The number of nitrogens with one attached hydrogen (secondary N) is 1. The highest BCUT2D eigenvalue weighted by atomic mass is 16.8. The SMILES string of the molecule is CC/C=C\C/C=C\C/C=C\C/C=C\C/C=C\CC(=O)NC(COC1OC(CO)C(OC2OC(CO)C(OC3OC(CO)C(O)C(O)C3O)C(O)C2O)C(O)C1O)C(O)/C=C/CC/C=C/CC/C=C/CCCCCCCCCCCCCCCCCCCCCCCCC. The van der Waals surface area contributed by atoms with Crippen LogP contribution in [0.5, 0.6) is 0 Å². The minimum absolute atomic E-state index is 0.00541. The van der Waals surface area contributed by atoms with Crippen molar-refractivity contribution in [1.29, 1.82) is 0 Å². The largest absolute Gasteiger partial charge is 0.394 e. The summed E-state index contributed by atoms with van der Waals surface area (Å²) < 4.78 is 34.2. The topological polar surface area (TPSA) is 307 Å². The quantitative estimate of drug-likeness (QED) is 0.0199. The van der Waals surface area contributed by atoms with Gasteiger partial charge in [0, 0.05) is 6.42 Å². The van der Waals surface area contributed by atoms with Gasteiger partial charge in [-0.1, -0.05) is 252 Å². The summed E-state index contributed by atoms with van der Waals surface area (Å²) in [6.07, 6.45) is 46.0. The van der Waals surface area contributed by atoms with Gasteiger partial charge in [0.15, 0.2) is 18.9 Å². The maximum atomic E-state index is 13.3. The Bertz CT molecular complexity index is 2060. The van der Waals surface area contributed by atoms with Crippen LogP contribution in [0, 0.1) is 0 Å². The lowest BCUT2D eigenvalue weighted by molar-refractivity contribution is -0.379. The van der Waals surface area contributed by atoms with Gasteiger partial charge in [0.25, 0.3) is 0 Å². The molecule has 93 heavy (non-hydrogen) atoms. The Kier molecular flexibility index (Phi) is 49.4. The number of ether oxygens (including phenoxy) is 6. The summed E-state index contributed by atoms with van der Waals surface area (Å²) in [5.41, 5.74) is 0. The van der Waals surface area contributed by atoms with Gasteiger partial charge in [-0.25, -0.2) is 0 Å². The maximum Gasteiger partial charge on any atom is 0.224 e. The second-order valence-electron chi connectivity index (χ2n) is 25.3. The summed E-state index contributed by atoms with van der Waals surface area (Å²) >= 11 is 0. The first-order valence-corrected chi connectivity index (χ1v) is 36.0. The van der Waals surface area contributed by atoms with Crippen molar-refractivity contribution in [3.63, 3.8) is 0 Å². The average molecular weight is 1320 g/mol. The predicted molar refractivity (Wildman–Crippen MR) is 364 cm³/mol. The normalized spacial score (nSPS) is 28.1. The van der Waals surface area contributed by atoms with E-state index in [2.05, 4.69) is 79.9 Å². The van der Waals surface area contributed by atoms with Crippen LogP contribution in [-0.4, -0.2) is 193 Å². The molecule has 3 aliphatic rings. The molecular formula is C74H127NO18. The molecule has 1 amide bonds. The number of unbranched alkanes of at least 4 members (excludes halogenated alkanes) is 25. The average Bonchev–Trinajstić information content (AvgIpc) is 0.814. The number of allylic oxidation sites excluding steroid dienone is 14. The number of hydrogen-bond donors (Lipinski definition) is 12. The van der Waals surface area contributed by atoms with E-state index in [-0.39, 0.29) is 6.42 Å². The third-order valence-corrected chi connectivity index (χ3v) is 17.4. The molecule has 0 bridgehead atoms. The molecule has 3 heterocycles. The molecule has 3 fully saturated rings. The minimum atomic E-state index is -2.00. The summed E-state index contributed by atoms with van der Waals surface area (Å²) in [4.78, 5) is 13.3. The summed E-state index contributed by atoms with van der Waals surface area (Å²) in [6, 6.07) is -1.06. The Morgan fingerprint density at radius 1 is 0.398 bits per heavy atom. The summed E-state index contributed by atoms with van der Waals surface area (Å²) in [5, 5.41) is 120. The second kappa shape index (κ2) is 54.7. The van der Waals surface area contributed by atoms with Gasteiger partial charge in [0.2, 0.25) is 5.91 Å².